The van der Waals surface area contributed by atoms with Crippen molar-refractivity contribution < 1.29 is 4.42 Å². The van der Waals surface area contributed by atoms with Gasteiger partial charge in [0.15, 0.2) is 0 Å². The van der Waals surface area contributed by atoms with Crippen molar-refractivity contribution in [3.63, 3.8) is 0 Å². The van der Waals surface area contributed by atoms with Gasteiger partial charge in [0.05, 0.1) is 0 Å². The lowest BCUT2D eigenvalue weighted by atomic mass is 9.90. The van der Waals surface area contributed by atoms with Crippen LogP contribution in [0.25, 0.3) is 110 Å². The number of furan rings is 1. The predicted molar refractivity (Wildman–Crippen MR) is 296 cm³/mol. The molecule has 70 heavy (non-hydrogen) atoms. The van der Waals surface area contributed by atoms with Crippen molar-refractivity contribution in [2.75, 3.05) is 4.90 Å². The van der Waals surface area contributed by atoms with Gasteiger partial charge >= 0.3 is 0 Å². The van der Waals surface area contributed by atoms with Crippen LogP contribution in [0.15, 0.2) is 277 Å². The molecular formula is C68H45NO. The van der Waals surface area contributed by atoms with Crippen LogP contribution in [0.4, 0.5) is 17.1 Å². The molecule has 0 aliphatic heterocycles. The van der Waals surface area contributed by atoms with Gasteiger partial charge in [0, 0.05) is 33.4 Å². The lowest BCUT2D eigenvalue weighted by Gasteiger charge is -2.26. The molecular weight excluding hydrogens is 847 g/mol. The number of benzene rings is 12. The molecule has 13 rings (SSSR count). The van der Waals surface area contributed by atoms with Gasteiger partial charge in [0.1, 0.15) is 11.2 Å². The molecule has 0 N–H and O–H groups in total. The minimum Gasteiger partial charge on any atom is -0.455 e. The zero-order chi connectivity index (χ0) is 46.4. The van der Waals surface area contributed by atoms with Crippen molar-refractivity contribution in [3.05, 3.63) is 273 Å². The molecule has 0 spiro atoms. The SMILES string of the molecule is c1ccc(-c2ccc(-c3ccc(-c4cccc5ccccc45)cc3)c(-c3ccc(N(c4ccc(-c5cccc6ccccc56)cc4)c4ccc(-c5cccc6c5oc5ccccc56)cc4)cc3)c2)cc1. The van der Waals surface area contributed by atoms with Crippen LogP contribution >= 0.6 is 0 Å². The third-order valence-corrected chi connectivity index (χ3v) is 13.9. The Kier molecular flexibility index (Phi) is 10.2. The summed E-state index contributed by atoms with van der Waals surface area (Å²) in [5.74, 6) is 0. The monoisotopic (exact) mass is 891 g/mol. The van der Waals surface area contributed by atoms with Gasteiger partial charge in [-0.1, -0.05) is 224 Å². The van der Waals surface area contributed by atoms with Crippen LogP contribution in [0.1, 0.15) is 0 Å². The molecule has 2 heteroatoms. The second kappa shape index (κ2) is 17.4. The molecule has 328 valence electrons. The smallest absolute Gasteiger partial charge is 0.143 e. The molecule has 0 aliphatic carbocycles. The van der Waals surface area contributed by atoms with Crippen molar-refractivity contribution in [1.82, 2.24) is 0 Å². The lowest BCUT2D eigenvalue weighted by Crippen LogP contribution is -2.09. The van der Waals surface area contributed by atoms with E-state index in [4.69, 9.17) is 4.42 Å². The largest absolute Gasteiger partial charge is 0.455 e. The molecule has 12 aromatic carbocycles. The lowest BCUT2D eigenvalue weighted by molar-refractivity contribution is 0.670. The third-order valence-electron chi connectivity index (χ3n) is 13.9. The molecule has 0 fully saturated rings. The summed E-state index contributed by atoms with van der Waals surface area (Å²) in [6.45, 7) is 0. The highest BCUT2D eigenvalue weighted by molar-refractivity contribution is 6.09. The molecule has 13 aromatic rings. The zero-order valence-electron chi connectivity index (χ0n) is 38.3. The minimum atomic E-state index is 0.900. The van der Waals surface area contributed by atoms with Crippen molar-refractivity contribution in [2.45, 2.75) is 0 Å². The highest BCUT2D eigenvalue weighted by Gasteiger charge is 2.18. The first-order valence-electron chi connectivity index (χ1n) is 24.0. The maximum Gasteiger partial charge on any atom is 0.143 e. The predicted octanol–water partition coefficient (Wildman–Crippen LogP) is 19.4. The Morgan fingerprint density at radius 2 is 0.629 bits per heavy atom. The number of hydrogen-bond acceptors (Lipinski definition) is 2. The van der Waals surface area contributed by atoms with E-state index in [0.717, 1.165) is 55.7 Å². The molecule has 0 bridgehead atoms. The van der Waals surface area contributed by atoms with E-state index in [9.17, 15) is 0 Å². The van der Waals surface area contributed by atoms with Crippen LogP contribution in [0.2, 0.25) is 0 Å². The van der Waals surface area contributed by atoms with E-state index in [0.29, 0.717) is 0 Å². The summed E-state index contributed by atoms with van der Waals surface area (Å²) in [6, 6.07) is 98.7. The van der Waals surface area contributed by atoms with E-state index in [1.165, 1.54) is 71.6 Å². The van der Waals surface area contributed by atoms with Gasteiger partial charge in [-0.25, -0.2) is 0 Å². The molecule has 0 aliphatic rings. The number of fused-ring (bicyclic) bond motifs is 5. The summed E-state index contributed by atoms with van der Waals surface area (Å²) in [4.78, 5) is 2.36. The number of rotatable bonds is 9. The Bertz CT molecular complexity index is 4010. The van der Waals surface area contributed by atoms with Gasteiger partial charge in [-0.15, -0.1) is 0 Å². The van der Waals surface area contributed by atoms with Gasteiger partial charge in [0.2, 0.25) is 0 Å². The van der Waals surface area contributed by atoms with Crippen LogP contribution in [0, 0.1) is 0 Å². The van der Waals surface area contributed by atoms with E-state index >= 15 is 0 Å². The van der Waals surface area contributed by atoms with Gasteiger partial charge < -0.3 is 9.32 Å². The Morgan fingerprint density at radius 3 is 1.21 bits per heavy atom. The number of nitrogens with zero attached hydrogens (tertiary/aromatic N) is 1. The molecule has 1 aromatic heterocycles. The first kappa shape index (κ1) is 41.0. The molecule has 0 radical (unpaired) electrons. The van der Waals surface area contributed by atoms with E-state index in [2.05, 4.69) is 266 Å². The minimum absolute atomic E-state index is 0.900. The molecule has 0 unspecified atom stereocenters. The topological polar surface area (TPSA) is 16.4 Å². The molecule has 0 saturated carbocycles. The summed E-state index contributed by atoms with van der Waals surface area (Å²) in [5, 5.41) is 7.25. The molecule has 0 amide bonds. The van der Waals surface area contributed by atoms with Crippen molar-refractivity contribution in [1.29, 1.82) is 0 Å². The van der Waals surface area contributed by atoms with E-state index in [-0.39, 0.29) is 0 Å². The number of anilines is 3. The van der Waals surface area contributed by atoms with E-state index in [1.54, 1.807) is 0 Å². The van der Waals surface area contributed by atoms with E-state index in [1.807, 2.05) is 12.1 Å². The summed E-state index contributed by atoms with van der Waals surface area (Å²) in [5.41, 5.74) is 19.1. The average Bonchev–Trinajstić information content (AvgIpc) is 3.83. The van der Waals surface area contributed by atoms with Gasteiger partial charge in [-0.3, -0.25) is 0 Å². The fourth-order valence-electron chi connectivity index (χ4n) is 10.4. The van der Waals surface area contributed by atoms with Crippen molar-refractivity contribution >= 4 is 60.5 Å². The number of para-hydroxylation sites is 2. The fourth-order valence-corrected chi connectivity index (χ4v) is 10.4. The van der Waals surface area contributed by atoms with Crippen molar-refractivity contribution in [3.8, 4) is 66.8 Å². The quantitative estimate of drug-likeness (QED) is 0.144. The van der Waals surface area contributed by atoms with Crippen LogP contribution < -0.4 is 4.90 Å². The maximum atomic E-state index is 6.47. The van der Waals surface area contributed by atoms with Gasteiger partial charge in [-0.2, -0.15) is 0 Å². The second-order valence-corrected chi connectivity index (χ2v) is 18.0. The van der Waals surface area contributed by atoms with Crippen LogP contribution in [0.5, 0.6) is 0 Å². The fraction of sp³-hybridized carbons (Fsp3) is 0. The third kappa shape index (κ3) is 7.40. The van der Waals surface area contributed by atoms with Crippen LogP contribution in [-0.2, 0) is 0 Å². The zero-order valence-corrected chi connectivity index (χ0v) is 38.3. The van der Waals surface area contributed by atoms with Crippen molar-refractivity contribution in [2.24, 2.45) is 0 Å². The second-order valence-electron chi connectivity index (χ2n) is 18.0. The Balaban J connectivity index is 0.900. The van der Waals surface area contributed by atoms with Gasteiger partial charge in [0.25, 0.3) is 0 Å². The summed E-state index contributed by atoms with van der Waals surface area (Å²) in [7, 11) is 0. The summed E-state index contributed by atoms with van der Waals surface area (Å²) < 4.78 is 6.47. The Labute approximate surface area is 407 Å². The normalized spacial score (nSPS) is 11.4. The Morgan fingerprint density at radius 1 is 0.229 bits per heavy atom. The first-order chi connectivity index (χ1) is 34.7. The highest BCUT2D eigenvalue weighted by atomic mass is 16.3. The number of hydrogen-bond donors (Lipinski definition) is 0. The Hall–Kier alpha value is -9.24. The maximum absolute atomic E-state index is 6.47. The molecule has 2 nitrogen and oxygen atoms in total. The summed E-state index contributed by atoms with van der Waals surface area (Å²) >= 11 is 0. The molecule has 0 atom stereocenters. The van der Waals surface area contributed by atoms with Crippen LogP contribution in [0.3, 0.4) is 0 Å². The highest BCUT2D eigenvalue weighted by Crippen LogP contribution is 2.43. The molecule has 1 heterocycles. The summed E-state index contributed by atoms with van der Waals surface area (Å²) in [6.07, 6.45) is 0. The van der Waals surface area contributed by atoms with E-state index < -0.39 is 0 Å². The first-order valence-corrected chi connectivity index (χ1v) is 24.0. The van der Waals surface area contributed by atoms with Crippen LogP contribution in [-0.4, -0.2) is 0 Å². The molecule has 0 saturated heterocycles. The standard InChI is InChI=1S/C68H45NO/c1-2-13-46(14-3-1)54-37-44-62(50-29-27-49(28-30-50)60-22-10-17-47-15-4-6-19-58(47)60)66(45-54)53-35-42-57(43-36-53)69(55-38-31-51(32-39-55)61-23-11-18-48-16-5-7-20-59(48)61)56-40-33-52(34-41-56)63-24-12-25-65-64-21-8-9-26-67(64)70-68(63)65/h1-45H. The van der Waals surface area contributed by atoms with Gasteiger partial charge in [-0.05, 0) is 131 Å². The average molecular weight is 892 g/mol.